The molecular weight excluding hydrogens is 300 g/mol. The smallest absolute Gasteiger partial charge is 0.261 e. The molecule has 0 bridgehead atoms. The van der Waals surface area contributed by atoms with Gasteiger partial charge in [0.1, 0.15) is 0 Å². The number of nitrogens with one attached hydrogen (secondary N) is 2. The van der Waals surface area contributed by atoms with Gasteiger partial charge in [-0.25, -0.2) is 8.42 Å². The SMILES string of the molecule is CC(=O)NCc1ccc(S(=O)(=O)Nc2ccccc2C)cc1. The van der Waals surface area contributed by atoms with Crippen LogP contribution in [0.4, 0.5) is 5.69 Å². The third-order valence-corrected chi connectivity index (χ3v) is 4.55. The van der Waals surface area contributed by atoms with Gasteiger partial charge < -0.3 is 5.32 Å². The van der Waals surface area contributed by atoms with Gasteiger partial charge in [-0.2, -0.15) is 0 Å². The second-order valence-corrected chi connectivity index (χ2v) is 6.66. The van der Waals surface area contributed by atoms with E-state index in [-0.39, 0.29) is 10.8 Å². The number of benzene rings is 2. The van der Waals surface area contributed by atoms with Gasteiger partial charge in [-0.1, -0.05) is 30.3 Å². The van der Waals surface area contributed by atoms with Crippen molar-refractivity contribution in [1.82, 2.24) is 5.32 Å². The standard InChI is InChI=1S/C16H18N2O3S/c1-12-5-3-4-6-16(12)18-22(20,21)15-9-7-14(8-10-15)11-17-13(2)19/h3-10,18H,11H2,1-2H3,(H,17,19). The first-order valence-electron chi connectivity index (χ1n) is 6.80. The first kappa shape index (κ1) is 16.0. The molecule has 116 valence electrons. The lowest BCUT2D eigenvalue weighted by Gasteiger charge is -2.11. The van der Waals surface area contributed by atoms with Crippen LogP contribution < -0.4 is 10.0 Å². The maximum atomic E-state index is 12.4. The van der Waals surface area contributed by atoms with Gasteiger partial charge in [-0.15, -0.1) is 0 Å². The number of carbonyl (C=O) groups is 1. The van der Waals surface area contributed by atoms with E-state index in [1.54, 1.807) is 24.3 Å². The molecule has 2 aromatic rings. The van der Waals surface area contributed by atoms with Crippen molar-refractivity contribution in [2.45, 2.75) is 25.3 Å². The van der Waals surface area contributed by atoms with Crippen molar-refractivity contribution < 1.29 is 13.2 Å². The van der Waals surface area contributed by atoms with Crippen LogP contribution in [0.1, 0.15) is 18.1 Å². The Morgan fingerprint density at radius 2 is 1.68 bits per heavy atom. The summed E-state index contributed by atoms with van der Waals surface area (Å²) in [4.78, 5) is 11.0. The van der Waals surface area contributed by atoms with Crippen LogP contribution >= 0.6 is 0 Å². The number of hydrogen-bond acceptors (Lipinski definition) is 3. The number of rotatable bonds is 5. The van der Waals surface area contributed by atoms with Crippen molar-refractivity contribution in [2.75, 3.05) is 4.72 Å². The summed E-state index contributed by atoms with van der Waals surface area (Å²) in [6, 6.07) is 13.6. The Kier molecular flexibility index (Phi) is 4.82. The van der Waals surface area contributed by atoms with E-state index < -0.39 is 10.0 Å². The molecule has 5 nitrogen and oxygen atoms in total. The highest BCUT2D eigenvalue weighted by molar-refractivity contribution is 7.92. The summed E-state index contributed by atoms with van der Waals surface area (Å²) in [6.45, 7) is 3.65. The van der Waals surface area contributed by atoms with Crippen LogP contribution in [0.3, 0.4) is 0 Å². The summed E-state index contributed by atoms with van der Waals surface area (Å²) >= 11 is 0. The lowest BCUT2D eigenvalue weighted by atomic mass is 10.2. The van der Waals surface area contributed by atoms with Gasteiger partial charge in [0, 0.05) is 13.5 Å². The second-order valence-electron chi connectivity index (χ2n) is 4.97. The number of para-hydroxylation sites is 1. The van der Waals surface area contributed by atoms with Gasteiger partial charge in [0.05, 0.1) is 10.6 Å². The molecule has 0 aromatic heterocycles. The Labute approximate surface area is 130 Å². The number of carbonyl (C=O) groups excluding carboxylic acids is 1. The number of anilines is 1. The van der Waals surface area contributed by atoms with Gasteiger partial charge in [0.15, 0.2) is 0 Å². The van der Waals surface area contributed by atoms with Crippen molar-refractivity contribution in [3.8, 4) is 0 Å². The lowest BCUT2D eigenvalue weighted by molar-refractivity contribution is -0.119. The van der Waals surface area contributed by atoms with Gasteiger partial charge in [0.25, 0.3) is 10.0 Å². The normalized spacial score (nSPS) is 11.0. The van der Waals surface area contributed by atoms with E-state index >= 15 is 0 Å². The molecule has 2 aromatic carbocycles. The first-order chi connectivity index (χ1) is 10.4. The molecule has 0 heterocycles. The highest BCUT2D eigenvalue weighted by Gasteiger charge is 2.14. The summed E-state index contributed by atoms with van der Waals surface area (Å²) in [5.41, 5.74) is 2.25. The zero-order chi connectivity index (χ0) is 16.2. The molecule has 0 radical (unpaired) electrons. The zero-order valence-electron chi connectivity index (χ0n) is 12.5. The molecule has 2 rings (SSSR count). The summed E-state index contributed by atoms with van der Waals surface area (Å²) in [5.74, 6) is -0.127. The fraction of sp³-hybridized carbons (Fsp3) is 0.188. The zero-order valence-corrected chi connectivity index (χ0v) is 13.3. The fourth-order valence-corrected chi connectivity index (χ4v) is 3.03. The molecule has 0 saturated heterocycles. The quantitative estimate of drug-likeness (QED) is 0.889. The molecule has 22 heavy (non-hydrogen) atoms. The van der Waals surface area contributed by atoms with E-state index in [1.807, 2.05) is 19.1 Å². The first-order valence-corrected chi connectivity index (χ1v) is 8.28. The van der Waals surface area contributed by atoms with Crippen LogP contribution in [0.15, 0.2) is 53.4 Å². The topological polar surface area (TPSA) is 75.3 Å². The Hall–Kier alpha value is -2.34. The largest absolute Gasteiger partial charge is 0.352 e. The van der Waals surface area contributed by atoms with E-state index in [2.05, 4.69) is 10.0 Å². The Morgan fingerprint density at radius 3 is 2.27 bits per heavy atom. The molecule has 6 heteroatoms. The molecular formula is C16H18N2O3S. The van der Waals surface area contributed by atoms with Gasteiger partial charge in [0.2, 0.25) is 5.91 Å². The lowest BCUT2D eigenvalue weighted by Crippen LogP contribution is -2.19. The van der Waals surface area contributed by atoms with Crippen LogP contribution in [-0.4, -0.2) is 14.3 Å². The Balaban J connectivity index is 2.16. The van der Waals surface area contributed by atoms with E-state index in [0.29, 0.717) is 12.2 Å². The summed E-state index contributed by atoms with van der Waals surface area (Å²) in [7, 11) is -3.62. The molecule has 0 spiro atoms. The molecule has 0 aliphatic carbocycles. The molecule has 0 atom stereocenters. The second kappa shape index (κ2) is 6.62. The minimum atomic E-state index is -3.62. The van der Waals surface area contributed by atoms with Crippen molar-refractivity contribution in [3.05, 3.63) is 59.7 Å². The Bertz CT molecular complexity index is 768. The van der Waals surface area contributed by atoms with Crippen LogP contribution in [0.25, 0.3) is 0 Å². The third kappa shape index (κ3) is 4.08. The predicted molar refractivity (Wildman–Crippen MR) is 86.0 cm³/mol. The van der Waals surface area contributed by atoms with Gasteiger partial charge in [-0.3, -0.25) is 9.52 Å². The summed E-state index contributed by atoms with van der Waals surface area (Å²) in [6.07, 6.45) is 0. The van der Waals surface area contributed by atoms with Gasteiger partial charge in [-0.05, 0) is 36.2 Å². The van der Waals surface area contributed by atoms with Crippen molar-refractivity contribution in [2.24, 2.45) is 0 Å². The minimum absolute atomic E-state index is 0.127. The molecule has 2 N–H and O–H groups in total. The number of aryl methyl sites for hydroxylation is 1. The van der Waals surface area contributed by atoms with Crippen molar-refractivity contribution >= 4 is 21.6 Å². The average molecular weight is 318 g/mol. The molecule has 0 unspecified atom stereocenters. The van der Waals surface area contributed by atoms with E-state index in [0.717, 1.165) is 11.1 Å². The van der Waals surface area contributed by atoms with E-state index in [9.17, 15) is 13.2 Å². The molecule has 0 aliphatic rings. The van der Waals surface area contributed by atoms with Crippen LogP contribution in [0.2, 0.25) is 0 Å². The number of sulfonamides is 1. The Morgan fingerprint density at radius 1 is 1.05 bits per heavy atom. The molecule has 0 fully saturated rings. The highest BCUT2D eigenvalue weighted by Crippen LogP contribution is 2.19. The number of hydrogen-bond donors (Lipinski definition) is 2. The molecule has 0 saturated carbocycles. The van der Waals surface area contributed by atoms with Crippen molar-refractivity contribution in [3.63, 3.8) is 0 Å². The van der Waals surface area contributed by atoms with E-state index in [1.165, 1.54) is 19.1 Å². The minimum Gasteiger partial charge on any atom is -0.352 e. The van der Waals surface area contributed by atoms with Crippen LogP contribution in [0, 0.1) is 6.92 Å². The molecule has 0 aliphatic heterocycles. The monoisotopic (exact) mass is 318 g/mol. The predicted octanol–water partition coefficient (Wildman–Crippen LogP) is 2.43. The highest BCUT2D eigenvalue weighted by atomic mass is 32.2. The fourth-order valence-electron chi connectivity index (χ4n) is 1.90. The third-order valence-electron chi connectivity index (χ3n) is 3.16. The summed E-state index contributed by atoms with van der Waals surface area (Å²) < 4.78 is 27.3. The van der Waals surface area contributed by atoms with Crippen LogP contribution in [0.5, 0.6) is 0 Å². The van der Waals surface area contributed by atoms with E-state index in [4.69, 9.17) is 0 Å². The van der Waals surface area contributed by atoms with Gasteiger partial charge >= 0.3 is 0 Å². The summed E-state index contributed by atoms with van der Waals surface area (Å²) in [5, 5.41) is 2.66. The van der Waals surface area contributed by atoms with Crippen LogP contribution in [-0.2, 0) is 21.4 Å². The average Bonchev–Trinajstić information content (AvgIpc) is 2.48. The number of amides is 1. The maximum Gasteiger partial charge on any atom is 0.261 e. The van der Waals surface area contributed by atoms with Crippen molar-refractivity contribution in [1.29, 1.82) is 0 Å². The molecule has 1 amide bonds. The maximum absolute atomic E-state index is 12.4.